The van der Waals surface area contributed by atoms with E-state index in [9.17, 15) is 10.1 Å². The minimum Gasteiger partial charge on any atom is -0.396 e. The van der Waals surface area contributed by atoms with Crippen LogP contribution >= 0.6 is 11.3 Å². The monoisotopic (exact) mass is 292 g/mol. The second-order valence-electron chi connectivity index (χ2n) is 4.38. The zero-order valence-corrected chi connectivity index (χ0v) is 11.7. The van der Waals surface area contributed by atoms with Gasteiger partial charge in [0.25, 0.3) is 0 Å². The number of hydrogen-bond donors (Lipinski definition) is 2. The van der Waals surface area contributed by atoms with E-state index >= 15 is 0 Å². The van der Waals surface area contributed by atoms with E-state index in [-0.39, 0.29) is 16.5 Å². The fourth-order valence-electron chi connectivity index (χ4n) is 1.87. The van der Waals surface area contributed by atoms with Crippen LogP contribution in [-0.2, 0) is 13.0 Å². The van der Waals surface area contributed by atoms with Crippen LogP contribution < -0.4 is 5.32 Å². The highest BCUT2D eigenvalue weighted by molar-refractivity contribution is 7.15. The zero-order valence-electron chi connectivity index (χ0n) is 10.9. The van der Waals surface area contributed by atoms with E-state index in [0.717, 1.165) is 23.4 Å². The maximum absolute atomic E-state index is 10.6. The smallest absolute Gasteiger partial charge is 0.324 e. The predicted octanol–water partition coefficient (Wildman–Crippen LogP) is 3.19. The van der Waals surface area contributed by atoms with Crippen molar-refractivity contribution in [1.29, 1.82) is 0 Å². The van der Waals surface area contributed by atoms with E-state index in [1.54, 1.807) is 6.07 Å². The van der Waals surface area contributed by atoms with Gasteiger partial charge in [0.15, 0.2) is 0 Å². The third-order valence-corrected chi connectivity index (χ3v) is 3.88. The maximum Gasteiger partial charge on any atom is 0.324 e. The van der Waals surface area contributed by atoms with Gasteiger partial charge in [0.1, 0.15) is 0 Å². The standard InChI is InChI=1S/C14H16N2O3S/c17-8-2-4-11-3-1-5-12(9-11)15-10-13-6-7-14(20-13)16(18)19/h1,3,5-7,9,15,17H,2,4,8,10H2. The summed E-state index contributed by atoms with van der Waals surface area (Å²) in [5.41, 5.74) is 2.15. The molecule has 2 N–H and O–H groups in total. The Morgan fingerprint density at radius 3 is 2.85 bits per heavy atom. The summed E-state index contributed by atoms with van der Waals surface area (Å²) in [4.78, 5) is 11.2. The molecule has 0 atom stereocenters. The molecule has 5 nitrogen and oxygen atoms in total. The molecule has 0 bridgehead atoms. The number of benzene rings is 1. The molecule has 1 heterocycles. The van der Waals surface area contributed by atoms with Crippen LogP contribution in [0.4, 0.5) is 10.7 Å². The van der Waals surface area contributed by atoms with Gasteiger partial charge in [0, 0.05) is 29.8 Å². The predicted molar refractivity (Wildman–Crippen MR) is 80.1 cm³/mol. The van der Waals surface area contributed by atoms with Crippen molar-refractivity contribution in [2.24, 2.45) is 0 Å². The Bertz CT molecular complexity index is 583. The van der Waals surface area contributed by atoms with Gasteiger partial charge in [0.05, 0.1) is 4.92 Å². The Hall–Kier alpha value is -1.92. The van der Waals surface area contributed by atoms with Crippen molar-refractivity contribution in [3.63, 3.8) is 0 Å². The van der Waals surface area contributed by atoms with Gasteiger partial charge in [0.2, 0.25) is 0 Å². The van der Waals surface area contributed by atoms with Crippen molar-refractivity contribution < 1.29 is 10.0 Å². The molecule has 0 saturated heterocycles. The first-order valence-electron chi connectivity index (χ1n) is 6.36. The summed E-state index contributed by atoms with van der Waals surface area (Å²) >= 11 is 1.18. The molecule has 20 heavy (non-hydrogen) atoms. The summed E-state index contributed by atoms with van der Waals surface area (Å²) in [5.74, 6) is 0. The summed E-state index contributed by atoms with van der Waals surface area (Å²) in [6.07, 6.45) is 1.59. The summed E-state index contributed by atoms with van der Waals surface area (Å²) in [7, 11) is 0. The fraction of sp³-hybridized carbons (Fsp3) is 0.286. The van der Waals surface area contributed by atoms with Crippen molar-refractivity contribution in [2.45, 2.75) is 19.4 Å². The highest BCUT2D eigenvalue weighted by Gasteiger charge is 2.09. The summed E-state index contributed by atoms with van der Waals surface area (Å²) in [6, 6.07) is 11.3. The van der Waals surface area contributed by atoms with Gasteiger partial charge < -0.3 is 10.4 Å². The molecule has 0 amide bonds. The van der Waals surface area contributed by atoms with Crippen molar-refractivity contribution in [2.75, 3.05) is 11.9 Å². The minimum absolute atomic E-state index is 0.165. The normalized spacial score (nSPS) is 10.4. The van der Waals surface area contributed by atoms with Gasteiger partial charge in [-0.25, -0.2) is 0 Å². The molecule has 6 heteroatoms. The lowest BCUT2D eigenvalue weighted by molar-refractivity contribution is -0.380. The first-order chi connectivity index (χ1) is 9.69. The van der Waals surface area contributed by atoms with Gasteiger partial charge in [-0.3, -0.25) is 10.1 Å². The molecule has 0 radical (unpaired) electrons. The highest BCUT2D eigenvalue weighted by atomic mass is 32.1. The molecule has 0 fully saturated rings. The Morgan fingerprint density at radius 2 is 2.15 bits per heavy atom. The fourth-order valence-corrected chi connectivity index (χ4v) is 2.63. The van der Waals surface area contributed by atoms with Crippen LogP contribution in [0, 0.1) is 10.1 Å². The van der Waals surface area contributed by atoms with Crippen LogP contribution in [0.5, 0.6) is 0 Å². The number of hydrogen-bond acceptors (Lipinski definition) is 5. The summed E-state index contributed by atoms with van der Waals surface area (Å²) < 4.78 is 0. The molecule has 1 aromatic carbocycles. The Kier molecular flexibility index (Phi) is 5.09. The molecule has 106 valence electrons. The van der Waals surface area contributed by atoms with E-state index in [0.29, 0.717) is 6.54 Å². The molecule has 0 aliphatic heterocycles. The average molecular weight is 292 g/mol. The van der Waals surface area contributed by atoms with E-state index < -0.39 is 0 Å². The first kappa shape index (κ1) is 14.5. The number of thiophene rings is 1. The Morgan fingerprint density at radius 1 is 1.30 bits per heavy atom. The van der Waals surface area contributed by atoms with Crippen LogP contribution in [0.2, 0.25) is 0 Å². The third-order valence-electron chi connectivity index (χ3n) is 2.84. The number of nitro groups is 1. The van der Waals surface area contributed by atoms with Crippen molar-refractivity contribution in [1.82, 2.24) is 0 Å². The SMILES string of the molecule is O=[N+]([O-])c1ccc(CNc2cccc(CCCO)c2)s1. The average Bonchev–Trinajstić information content (AvgIpc) is 2.92. The number of nitrogens with one attached hydrogen (secondary N) is 1. The minimum atomic E-state index is -0.371. The van der Waals surface area contributed by atoms with Crippen molar-refractivity contribution in [3.05, 3.63) is 57.0 Å². The molecule has 0 aliphatic rings. The first-order valence-corrected chi connectivity index (χ1v) is 7.17. The number of nitrogens with zero attached hydrogens (tertiary/aromatic N) is 1. The van der Waals surface area contributed by atoms with Gasteiger partial charge in [-0.2, -0.15) is 0 Å². The van der Waals surface area contributed by atoms with E-state index in [2.05, 4.69) is 5.32 Å². The van der Waals surface area contributed by atoms with Gasteiger partial charge >= 0.3 is 5.00 Å². The highest BCUT2D eigenvalue weighted by Crippen LogP contribution is 2.24. The summed E-state index contributed by atoms with van der Waals surface area (Å²) in [5, 5.41) is 22.9. The van der Waals surface area contributed by atoms with E-state index in [4.69, 9.17) is 5.11 Å². The van der Waals surface area contributed by atoms with Crippen LogP contribution in [0.3, 0.4) is 0 Å². The van der Waals surface area contributed by atoms with E-state index in [1.807, 2.05) is 24.3 Å². The lowest BCUT2D eigenvalue weighted by Crippen LogP contribution is -1.98. The molecule has 2 rings (SSSR count). The van der Waals surface area contributed by atoms with Crippen LogP contribution in [0.1, 0.15) is 16.9 Å². The molecule has 0 spiro atoms. The Balaban J connectivity index is 1.94. The Labute approximate surface area is 121 Å². The van der Waals surface area contributed by atoms with Gasteiger partial charge in [-0.05, 0) is 36.6 Å². The topological polar surface area (TPSA) is 75.4 Å². The number of aryl methyl sites for hydroxylation is 1. The van der Waals surface area contributed by atoms with Crippen LogP contribution in [0.15, 0.2) is 36.4 Å². The molecular formula is C14H16N2O3S. The van der Waals surface area contributed by atoms with Crippen LogP contribution in [-0.4, -0.2) is 16.6 Å². The van der Waals surface area contributed by atoms with Crippen LogP contribution in [0.25, 0.3) is 0 Å². The molecule has 0 saturated carbocycles. The molecular weight excluding hydrogens is 276 g/mol. The molecule has 1 aromatic heterocycles. The lowest BCUT2D eigenvalue weighted by atomic mass is 10.1. The van der Waals surface area contributed by atoms with Crippen molar-refractivity contribution in [3.8, 4) is 0 Å². The number of aliphatic hydroxyl groups is 1. The van der Waals surface area contributed by atoms with Gasteiger partial charge in [-0.1, -0.05) is 23.5 Å². The lowest BCUT2D eigenvalue weighted by Gasteiger charge is -2.07. The van der Waals surface area contributed by atoms with Gasteiger partial charge in [-0.15, -0.1) is 0 Å². The number of anilines is 1. The number of aliphatic hydroxyl groups excluding tert-OH is 1. The quantitative estimate of drug-likeness (QED) is 0.607. The molecule has 2 aromatic rings. The number of rotatable bonds is 7. The second kappa shape index (κ2) is 7.02. The second-order valence-corrected chi connectivity index (χ2v) is 5.52. The zero-order chi connectivity index (χ0) is 14.4. The largest absolute Gasteiger partial charge is 0.396 e. The van der Waals surface area contributed by atoms with E-state index in [1.165, 1.54) is 23.0 Å². The molecule has 0 aliphatic carbocycles. The molecule has 0 unspecified atom stereocenters. The summed E-state index contributed by atoms with van der Waals surface area (Å²) in [6.45, 7) is 0.762. The maximum atomic E-state index is 10.6. The third kappa shape index (κ3) is 4.04. The van der Waals surface area contributed by atoms with Crippen molar-refractivity contribution >= 4 is 22.0 Å².